The van der Waals surface area contributed by atoms with Gasteiger partial charge in [-0.2, -0.15) is 13.2 Å². The van der Waals surface area contributed by atoms with Gasteiger partial charge < -0.3 is 23.5 Å². The highest BCUT2D eigenvalue weighted by molar-refractivity contribution is 9.10. The lowest BCUT2D eigenvalue weighted by Crippen LogP contribution is -2.42. The Kier molecular flexibility index (Phi) is 3.93. The van der Waals surface area contributed by atoms with Crippen LogP contribution >= 0.6 is 15.9 Å². The second-order valence-corrected chi connectivity index (χ2v) is 8.54. The molecule has 2 aromatic carbocycles. The molecule has 0 saturated heterocycles. The van der Waals surface area contributed by atoms with E-state index in [1.165, 1.54) is 11.0 Å². The number of rotatable bonds is 2. The van der Waals surface area contributed by atoms with Gasteiger partial charge in [-0.05, 0) is 30.3 Å². The molecule has 1 unspecified atom stereocenters. The molecule has 4 heterocycles. The third-order valence-electron chi connectivity index (χ3n) is 5.95. The van der Waals surface area contributed by atoms with Gasteiger partial charge in [-0.3, -0.25) is 4.79 Å². The van der Waals surface area contributed by atoms with E-state index in [0.29, 0.717) is 38.5 Å². The van der Waals surface area contributed by atoms with Crippen molar-refractivity contribution in [1.82, 2.24) is 0 Å². The van der Waals surface area contributed by atoms with E-state index in [1.54, 1.807) is 24.3 Å². The number of hydrogen-bond acceptors (Lipinski definition) is 5. The first-order valence-corrected chi connectivity index (χ1v) is 10.4. The van der Waals surface area contributed by atoms with Gasteiger partial charge in [-0.25, -0.2) is 0 Å². The number of fused-ring (bicyclic) bond motifs is 5. The van der Waals surface area contributed by atoms with Crippen molar-refractivity contribution < 1.29 is 36.6 Å². The van der Waals surface area contributed by atoms with Gasteiger partial charge in [-0.1, -0.05) is 22.0 Å². The molecule has 0 saturated carbocycles. The number of alkyl halides is 3. The Labute approximate surface area is 187 Å². The van der Waals surface area contributed by atoms with Crippen LogP contribution in [0, 0.1) is 0 Å². The van der Waals surface area contributed by atoms with Crippen molar-refractivity contribution in [2.24, 2.45) is 0 Å². The summed E-state index contributed by atoms with van der Waals surface area (Å²) in [5, 5.41) is 0. The summed E-state index contributed by atoms with van der Waals surface area (Å²) in [7, 11) is 0. The molecule has 32 heavy (non-hydrogen) atoms. The standard InChI is InChI=1S/C22H13BrF3NO5/c23-13-2-1-3-14-19(13)21(9-29-15-7-17-16(6-12(15)21)30-10-31-17)20(28)27(14)8-11-4-5-18(32-11)22(24,25)26/h1-7H,8-10H2. The lowest BCUT2D eigenvalue weighted by atomic mass is 9.77. The highest BCUT2D eigenvalue weighted by Crippen LogP contribution is 2.57. The Bertz CT molecular complexity index is 1290. The molecule has 3 aromatic rings. The predicted octanol–water partition coefficient (Wildman–Crippen LogP) is 5.01. The SMILES string of the molecule is O=C1N(Cc2ccc(C(F)(F)F)o2)c2cccc(Br)c2C12COc1cc3c(cc12)OCO3. The number of hydrogen-bond donors (Lipinski definition) is 0. The van der Waals surface area contributed by atoms with Crippen molar-refractivity contribution in [1.29, 1.82) is 0 Å². The minimum absolute atomic E-state index is 0.0264. The molecule has 0 aliphatic carbocycles. The molecule has 0 N–H and O–H groups in total. The molecule has 1 spiro atoms. The fourth-order valence-corrected chi connectivity index (χ4v) is 5.25. The molecule has 6 nitrogen and oxygen atoms in total. The minimum atomic E-state index is -4.60. The third-order valence-corrected chi connectivity index (χ3v) is 6.61. The molecule has 10 heteroatoms. The van der Waals surface area contributed by atoms with Crippen LogP contribution in [0.3, 0.4) is 0 Å². The summed E-state index contributed by atoms with van der Waals surface area (Å²) in [6, 6.07) is 10.9. The van der Waals surface area contributed by atoms with Crippen molar-refractivity contribution >= 4 is 27.5 Å². The van der Waals surface area contributed by atoms with Crippen LogP contribution < -0.4 is 19.1 Å². The lowest BCUT2D eigenvalue weighted by molar-refractivity contribution is -0.153. The van der Waals surface area contributed by atoms with Gasteiger partial charge in [0.05, 0.1) is 12.2 Å². The van der Waals surface area contributed by atoms with Gasteiger partial charge in [0.2, 0.25) is 18.5 Å². The number of amides is 1. The zero-order valence-electron chi connectivity index (χ0n) is 16.2. The van der Waals surface area contributed by atoms with Crippen molar-refractivity contribution in [3.8, 4) is 17.2 Å². The molecular weight excluding hydrogens is 495 g/mol. The average Bonchev–Trinajstić information content (AvgIpc) is 3.51. The van der Waals surface area contributed by atoms with E-state index in [0.717, 1.165) is 6.07 Å². The molecule has 1 atom stereocenters. The maximum atomic E-state index is 13.9. The highest BCUT2D eigenvalue weighted by Gasteiger charge is 2.58. The van der Waals surface area contributed by atoms with E-state index in [-0.39, 0.29) is 31.6 Å². The fourth-order valence-electron chi connectivity index (χ4n) is 4.56. The highest BCUT2D eigenvalue weighted by atomic mass is 79.9. The second kappa shape index (κ2) is 6.44. The molecule has 3 aliphatic rings. The van der Waals surface area contributed by atoms with E-state index >= 15 is 0 Å². The van der Waals surface area contributed by atoms with Crippen molar-refractivity contribution in [2.45, 2.75) is 18.1 Å². The maximum Gasteiger partial charge on any atom is 0.449 e. The Balaban J connectivity index is 1.48. The van der Waals surface area contributed by atoms with Crippen LogP contribution in [0.25, 0.3) is 0 Å². The summed E-state index contributed by atoms with van der Waals surface area (Å²) in [5.41, 5.74) is 0.706. The van der Waals surface area contributed by atoms with E-state index in [1.807, 2.05) is 6.07 Å². The molecule has 0 radical (unpaired) electrons. The number of nitrogens with zero attached hydrogens (tertiary/aromatic N) is 1. The number of furan rings is 1. The van der Waals surface area contributed by atoms with Gasteiger partial charge in [0, 0.05) is 21.7 Å². The van der Waals surface area contributed by atoms with Gasteiger partial charge in [0.15, 0.2) is 11.5 Å². The Morgan fingerprint density at radius 1 is 1.03 bits per heavy atom. The summed E-state index contributed by atoms with van der Waals surface area (Å²) in [6.07, 6.45) is -4.60. The van der Waals surface area contributed by atoms with Crippen molar-refractivity contribution in [3.05, 3.63) is 69.6 Å². The Hall–Kier alpha value is -3.14. The van der Waals surface area contributed by atoms with Gasteiger partial charge >= 0.3 is 6.18 Å². The minimum Gasteiger partial charge on any atom is -0.491 e. The molecule has 0 bridgehead atoms. The predicted molar refractivity (Wildman–Crippen MR) is 108 cm³/mol. The Morgan fingerprint density at radius 2 is 1.81 bits per heavy atom. The van der Waals surface area contributed by atoms with Crippen LogP contribution in [0.1, 0.15) is 22.6 Å². The largest absolute Gasteiger partial charge is 0.491 e. The zero-order chi connectivity index (χ0) is 22.3. The summed E-state index contributed by atoms with van der Waals surface area (Å²) in [5.74, 6) is 0.148. The van der Waals surface area contributed by atoms with Crippen LogP contribution in [-0.4, -0.2) is 19.3 Å². The molecule has 0 fully saturated rings. The first kappa shape index (κ1) is 19.5. The number of halogens is 4. The van der Waals surface area contributed by atoms with Crippen molar-refractivity contribution in [2.75, 3.05) is 18.3 Å². The number of anilines is 1. The summed E-state index contributed by atoms with van der Waals surface area (Å²) < 4.78 is 61.4. The van der Waals surface area contributed by atoms with Crippen LogP contribution in [0.15, 0.2) is 51.4 Å². The van der Waals surface area contributed by atoms with Crippen LogP contribution in [0.4, 0.5) is 18.9 Å². The zero-order valence-corrected chi connectivity index (χ0v) is 17.7. The van der Waals surface area contributed by atoms with E-state index in [2.05, 4.69) is 15.9 Å². The van der Waals surface area contributed by atoms with Crippen LogP contribution in [0.2, 0.25) is 0 Å². The summed E-state index contributed by atoms with van der Waals surface area (Å²) >= 11 is 3.55. The quantitative estimate of drug-likeness (QED) is 0.487. The monoisotopic (exact) mass is 507 g/mol. The lowest BCUT2D eigenvalue weighted by Gasteiger charge is -2.23. The smallest absolute Gasteiger partial charge is 0.449 e. The van der Waals surface area contributed by atoms with Gasteiger partial charge in [0.25, 0.3) is 0 Å². The third kappa shape index (κ3) is 2.55. The molecule has 3 aliphatic heterocycles. The second-order valence-electron chi connectivity index (χ2n) is 7.68. The van der Waals surface area contributed by atoms with Crippen LogP contribution in [-0.2, 0) is 22.9 Å². The number of benzene rings is 2. The van der Waals surface area contributed by atoms with Crippen LogP contribution in [0.5, 0.6) is 17.2 Å². The first-order chi connectivity index (χ1) is 15.3. The summed E-state index contributed by atoms with van der Waals surface area (Å²) in [4.78, 5) is 15.3. The fraction of sp³-hybridized carbons (Fsp3) is 0.227. The Morgan fingerprint density at radius 3 is 2.56 bits per heavy atom. The van der Waals surface area contributed by atoms with Gasteiger partial charge in [0.1, 0.15) is 23.5 Å². The normalized spacial score (nSPS) is 20.6. The number of carbonyl (C=O) groups excluding carboxylic acids is 1. The molecular formula is C22H13BrF3NO5. The topological polar surface area (TPSA) is 61.1 Å². The molecule has 1 amide bonds. The van der Waals surface area contributed by atoms with Crippen molar-refractivity contribution in [3.63, 3.8) is 0 Å². The molecule has 164 valence electrons. The molecule has 1 aromatic heterocycles. The molecule has 6 rings (SSSR count). The van der Waals surface area contributed by atoms with E-state index in [4.69, 9.17) is 18.6 Å². The summed E-state index contributed by atoms with van der Waals surface area (Å²) in [6.45, 7) is -0.0340. The number of carbonyl (C=O) groups is 1. The first-order valence-electron chi connectivity index (χ1n) is 9.63. The van der Waals surface area contributed by atoms with E-state index < -0.39 is 17.4 Å². The number of ether oxygens (including phenoxy) is 3. The van der Waals surface area contributed by atoms with Gasteiger partial charge in [-0.15, -0.1) is 0 Å². The average molecular weight is 508 g/mol. The maximum absolute atomic E-state index is 13.9. The van der Waals surface area contributed by atoms with E-state index in [9.17, 15) is 18.0 Å².